The zero-order valence-corrected chi connectivity index (χ0v) is 20.2. The Balaban J connectivity index is 1.51. The molecule has 2 aromatic rings. The van der Waals surface area contributed by atoms with Gasteiger partial charge < -0.3 is 19.9 Å². The first kappa shape index (κ1) is 23.7. The number of hydrogen-bond acceptors (Lipinski definition) is 9. The van der Waals surface area contributed by atoms with E-state index in [1.165, 1.54) is 25.5 Å². The largest absolute Gasteiger partial charge is 0.463 e. The van der Waals surface area contributed by atoms with Crippen LogP contribution in [0, 0.1) is 0 Å². The first-order chi connectivity index (χ1) is 15.8. The molecule has 0 bridgehead atoms. The predicted molar refractivity (Wildman–Crippen MR) is 128 cm³/mol. The number of nitrogens with zero attached hydrogens (tertiary/aromatic N) is 4. The van der Waals surface area contributed by atoms with Crippen LogP contribution in [0.25, 0.3) is 0 Å². The van der Waals surface area contributed by atoms with Crippen LogP contribution in [0.3, 0.4) is 0 Å². The molecule has 0 saturated carbocycles. The normalized spacial score (nSPS) is 18.2. The molecule has 2 N–H and O–H groups in total. The fraction of sp³-hybridized carbons (Fsp3) is 0.522. The van der Waals surface area contributed by atoms with Crippen LogP contribution in [0.2, 0.25) is 0 Å². The second-order valence-electron chi connectivity index (χ2n) is 8.84. The molecule has 4 rings (SSSR count). The van der Waals surface area contributed by atoms with E-state index in [9.17, 15) is 9.36 Å². The molecule has 2 aliphatic heterocycles. The van der Waals surface area contributed by atoms with Crippen LogP contribution in [-0.4, -0.2) is 66.8 Å². The van der Waals surface area contributed by atoms with Crippen molar-refractivity contribution in [3.63, 3.8) is 0 Å². The van der Waals surface area contributed by atoms with E-state index in [1.54, 1.807) is 6.66 Å². The summed E-state index contributed by atoms with van der Waals surface area (Å²) < 4.78 is 22.7. The van der Waals surface area contributed by atoms with E-state index in [2.05, 4.69) is 39.1 Å². The number of anilines is 2. The van der Waals surface area contributed by atoms with E-state index >= 15 is 0 Å². The van der Waals surface area contributed by atoms with Gasteiger partial charge in [-0.1, -0.05) is 24.3 Å². The Labute approximate surface area is 194 Å². The third-order valence-corrected chi connectivity index (χ3v) is 7.89. The summed E-state index contributed by atoms with van der Waals surface area (Å²) in [5, 5.41) is 0. The van der Waals surface area contributed by atoms with Gasteiger partial charge in [0.2, 0.25) is 7.37 Å². The minimum atomic E-state index is -2.70. The number of likely N-dealkylation sites (tertiary alicyclic amines) is 1. The average molecular weight is 474 g/mol. The van der Waals surface area contributed by atoms with Crippen molar-refractivity contribution < 1.29 is 18.6 Å². The van der Waals surface area contributed by atoms with Crippen molar-refractivity contribution >= 4 is 24.8 Å². The number of hydrogen-bond donors (Lipinski definition) is 1. The number of carbonyl (C=O) groups excluding carboxylic acids is 1. The summed E-state index contributed by atoms with van der Waals surface area (Å²) in [5.74, 6) is 0.933. The van der Waals surface area contributed by atoms with Gasteiger partial charge in [-0.3, -0.25) is 14.3 Å². The molecule has 1 saturated heterocycles. The lowest BCUT2D eigenvalue weighted by atomic mass is 10.0. The third kappa shape index (κ3) is 6.10. The predicted octanol–water partition coefficient (Wildman–Crippen LogP) is 2.72. The smallest absolute Gasteiger partial charge is 0.320 e. The highest BCUT2D eigenvalue weighted by Crippen LogP contribution is 2.40. The molecule has 1 aromatic carbocycles. The van der Waals surface area contributed by atoms with E-state index in [0.717, 1.165) is 25.2 Å². The van der Waals surface area contributed by atoms with Crippen LogP contribution < -0.4 is 15.4 Å². The summed E-state index contributed by atoms with van der Waals surface area (Å²) in [6.07, 6.45) is 2.98. The molecule has 1 aromatic heterocycles. The molecule has 178 valence electrons. The maximum atomic E-state index is 12.4. The van der Waals surface area contributed by atoms with Gasteiger partial charge in [-0.15, -0.1) is 0 Å². The number of ether oxygens (including phenoxy) is 1. The standard InChI is InChI=1S/C23H32N5O4P/c1-31-33(2,30)11-10-32-23-25-21(24)20-13-19(29)16-28(22(20)26-23)15-18-7-5-6-17(12-18)14-27-8-3-4-9-27/h5-7,12H,3-4,8-11,13-16H2,1-2H3,(H2,24,25,26). The SMILES string of the molecule is COP(C)(=O)CCOc1nc(N)c2c(n1)N(Cc1cccc(CN3CCCC3)c1)CC(=O)C2. The number of rotatable bonds is 9. The molecular formula is C23H32N5O4P. The Morgan fingerprint density at radius 3 is 2.61 bits per heavy atom. The summed E-state index contributed by atoms with van der Waals surface area (Å²) in [7, 11) is -1.28. The van der Waals surface area contributed by atoms with Crippen molar-refractivity contribution in [2.45, 2.75) is 32.4 Å². The van der Waals surface area contributed by atoms with Crippen LogP contribution >= 0.6 is 7.37 Å². The summed E-state index contributed by atoms with van der Waals surface area (Å²) >= 11 is 0. The monoisotopic (exact) mass is 473 g/mol. The average Bonchev–Trinajstić information content (AvgIpc) is 3.28. The third-order valence-electron chi connectivity index (χ3n) is 6.12. The van der Waals surface area contributed by atoms with Crippen molar-refractivity contribution in [3.05, 3.63) is 41.0 Å². The number of fused-ring (bicyclic) bond motifs is 1. The molecule has 10 heteroatoms. The second-order valence-corrected chi connectivity index (χ2v) is 11.7. The zero-order chi connectivity index (χ0) is 23.4. The fourth-order valence-corrected chi connectivity index (χ4v) is 4.88. The van der Waals surface area contributed by atoms with Crippen molar-refractivity contribution in [3.8, 4) is 6.01 Å². The highest BCUT2D eigenvalue weighted by Gasteiger charge is 2.28. The lowest BCUT2D eigenvalue weighted by Gasteiger charge is -2.30. The van der Waals surface area contributed by atoms with Gasteiger partial charge in [0, 0.05) is 38.8 Å². The summed E-state index contributed by atoms with van der Waals surface area (Å²) in [4.78, 5) is 25.6. The Morgan fingerprint density at radius 1 is 1.15 bits per heavy atom. The van der Waals surface area contributed by atoms with Gasteiger partial charge in [-0.2, -0.15) is 9.97 Å². The van der Waals surface area contributed by atoms with Crippen molar-refractivity contribution in [2.75, 3.05) is 56.8 Å². The van der Waals surface area contributed by atoms with Crippen LogP contribution in [0.4, 0.5) is 11.6 Å². The second kappa shape index (κ2) is 10.2. The summed E-state index contributed by atoms with van der Waals surface area (Å²) in [6, 6.07) is 8.59. The first-order valence-electron chi connectivity index (χ1n) is 11.3. The van der Waals surface area contributed by atoms with Gasteiger partial charge in [0.25, 0.3) is 0 Å². The maximum absolute atomic E-state index is 12.4. The summed E-state index contributed by atoms with van der Waals surface area (Å²) in [5.41, 5.74) is 9.17. The summed E-state index contributed by atoms with van der Waals surface area (Å²) in [6.45, 7) is 5.74. The number of carbonyl (C=O) groups is 1. The Hall–Kier alpha value is -2.48. The van der Waals surface area contributed by atoms with E-state index in [4.69, 9.17) is 15.0 Å². The Morgan fingerprint density at radius 2 is 1.88 bits per heavy atom. The topological polar surface area (TPSA) is 111 Å². The number of ketones is 1. The van der Waals surface area contributed by atoms with Crippen LogP contribution in [0.1, 0.15) is 29.5 Å². The van der Waals surface area contributed by atoms with Gasteiger partial charge in [0.05, 0.1) is 12.7 Å². The molecule has 0 radical (unpaired) electrons. The van der Waals surface area contributed by atoms with E-state index in [1.807, 2.05) is 4.90 Å². The van der Waals surface area contributed by atoms with Gasteiger partial charge >= 0.3 is 6.01 Å². The quantitative estimate of drug-likeness (QED) is 0.550. The fourth-order valence-electron chi connectivity index (χ4n) is 4.28. The molecule has 1 unspecified atom stereocenters. The highest BCUT2D eigenvalue weighted by molar-refractivity contribution is 7.58. The molecule has 1 fully saturated rings. The van der Waals surface area contributed by atoms with Crippen LogP contribution in [0.5, 0.6) is 6.01 Å². The maximum Gasteiger partial charge on any atom is 0.320 e. The molecule has 1 atom stereocenters. The highest BCUT2D eigenvalue weighted by atomic mass is 31.2. The molecule has 33 heavy (non-hydrogen) atoms. The number of aromatic nitrogens is 2. The number of benzene rings is 1. The van der Waals surface area contributed by atoms with Crippen LogP contribution in [-0.2, 0) is 33.4 Å². The van der Waals surface area contributed by atoms with E-state index in [0.29, 0.717) is 17.9 Å². The molecule has 9 nitrogen and oxygen atoms in total. The molecule has 0 spiro atoms. The molecule has 0 amide bonds. The molecule has 3 heterocycles. The molecule has 0 aliphatic carbocycles. The lowest BCUT2D eigenvalue weighted by molar-refractivity contribution is -0.117. The minimum absolute atomic E-state index is 0.0757. The van der Waals surface area contributed by atoms with Gasteiger partial charge in [-0.25, -0.2) is 0 Å². The molecular weight excluding hydrogens is 441 g/mol. The van der Waals surface area contributed by atoms with Crippen LogP contribution in [0.15, 0.2) is 24.3 Å². The molecule has 2 aliphatic rings. The zero-order valence-electron chi connectivity index (χ0n) is 19.3. The van der Waals surface area contributed by atoms with E-state index < -0.39 is 7.37 Å². The van der Waals surface area contributed by atoms with Crippen molar-refractivity contribution in [1.29, 1.82) is 0 Å². The van der Waals surface area contributed by atoms with Gasteiger partial charge in [-0.05, 0) is 37.1 Å². The van der Waals surface area contributed by atoms with Gasteiger partial charge in [0.15, 0.2) is 5.78 Å². The Kier molecular flexibility index (Phi) is 7.32. The Bertz CT molecular complexity index is 1060. The number of nitrogens with two attached hydrogens (primary N) is 1. The number of nitrogen functional groups attached to an aromatic ring is 1. The van der Waals surface area contributed by atoms with Crippen molar-refractivity contribution in [1.82, 2.24) is 14.9 Å². The first-order valence-corrected chi connectivity index (χ1v) is 13.6. The lowest BCUT2D eigenvalue weighted by Crippen LogP contribution is -2.36. The van der Waals surface area contributed by atoms with Gasteiger partial charge in [0.1, 0.15) is 18.2 Å². The van der Waals surface area contributed by atoms with E-state index in [-0.39, 0.29) is 43.3 Å². The van der Waals surface area contributed by atoms with Crippen molar-refractivity contribution in [2.24, 2.45) is 0 Å². The number of Topliss-reactive ketones (excluding diaryl/α,β-unsaturated/α-hetero) is 1. The minimum Gasteiger partial charge on any atom is -0.463 e.